The van der Waals surface area contributed by atoms with Gasteiger partial charge in [0.1, 0.15) is 0 Å². The van der Waals surface area contributed by atoms with Gasteiger partial charge in [-0.15, -0.1) is 0 Å². The molecule has 7 heteroatoms. The van der Waals surface area contributed by atoms with Gasteiger partial charge in [0.25, 0.3) is 0 Å². The van der Waals surface area contributed by atoms with Gasteiger partial charge >= 0.3 is 0 Å². The molecule has 0 spiro atoms. The monoisotopic (exact) mass is 333 g/mol. The predicted octanol–water partition coefficient (Wildman–Crippen LogP) is 2.32. The molecule has 0 atom stereocenters. The minimum absolute atomic E-state index is 0.0318. The molecular weight excluding hydrogens is 306 g/mol. The molecule has 1 rings (SSSR count). The van der Waals surface area contributed by atoms with Gasteiger partial charge in [0.2, 0.25) is 10.0 Å². The normalized spacial score (nSPS) is 12.8. The third-order valence-corrected chi connectivity index (χ3v) is 6.87. The minimum atomic E-state index is -3.45. The molecule has 0 radical (unpaired) electrons. The molecule has 21 heavy (non-hydrogen) atoms. The highest BCUT2D eigenvalue weighted by Gasteiger charge is 2.27. The maximum atomic E-state index is 12.4. The van der Waals surface area contributed by atoms with Crippen molar-refractivity contribution in [2.24, 2.45) is 0 Å². The molecule has 1 aromatic rings. The van der Waals surface area contributed by atoms with Crippen LogP contribution in [0.4, 0.5) is 0 Å². The van der Waals surface area contributed by atoms with Gasteiger partial charge in [-0.05, 0) is 31.7 Å². The van der Waals surface area contributed by atoms with Gasteiger partial charge in [0.05, 0.1) is 4.90 Å². The van der Waals surface area contributed by atoms with Crippen LogP contribution in [0.1, 0.15) is 39.3 Å². The Balaban J connectivity index is 2.75. The standard InChI is InChI=1S/C14H27N3O2S2/c1-5-14(6-2,20-4)11-17-21(18,19)13-8-12(16-10-13)9-15-7-3/h8,10,15-17H,5-7,9,11H2,1-4H3. The van der Waals surface area contributed by atoms with Crippen LogP contribution in [0, 0.1) is 0 Å². The number of hydrogen-bond acceptors (Lipinski definition) is 4. The van der Waals surface area contributed by atoms with E-state index in [-0.39, 0.29) is 4.75 Å². The van der Waals surface area contributed by atoms with Crippen LogP contribution in [0.25, 0.3) is 0 Å². The van der Waals surface area contributed by atoms with Crippen molar-refractivity contribution in [3.05, 3.63) is 18.0 Å². The van der Waals surface area contributed by atoms with E-state index in [0.29, 0.717) is 18.0 Å². The Morgan fingerprint density at radius 1 is 1.29 bits per heavy atom. The Morgan fingerprint density at radius 2 is 1.95 bits per heavy atom. The van der Waals surface area contributed by atoms with E-state index in [2.05, 4.69) is 28.9 Å². The van der Waals surface area contributed by atoms with Crippen LogP contribution in [0.2, 0.25) is 0 Å². The Labute approximate surface area is 132 Å². The summed E-state index contributed by atoms with van der Waals surface area (Å²) >= 11 is 1.72. The lowest BCUT2D eigenvalue weighted by molar-refractivity contribution is 0.522. The molecule has 1 heterocycles. The van der Waals surface area contributed by atoms with E-state index in [1.165, 1.54) is 0 Å². The summed E-state index contributed by atoms with van der Waals surface area (Å²) in [6.45, 7) is 8.16. The van der Waals surface area contributed by atoms with E-state index in [1.807, 2.05) is 13.2 Å². The first kappa shape index (κ1) is 18.5. The smallest absolute Gasteiger partial charge is 0.242 e. The predicted molar refractivity (Wildman–Crippen MR) is 90.2 cm³/mol. The molecule has 0 saturated heterocycles. The second kappa shape index (κ2) is 8.22. The lowest BCUT2D eigenvalue weighted by Gasteiger charge is -2.29. The highest BCUT2D eigenvalue weighted by Crippen LogP contribution is 2.30. The molecule has 122 valence electrons. The highest BCUT2D eigenvalue weighted by atomic mass is 32.2. The van der Waals surface area contributed by atoms with E-state index in [4.69, 9.17) is 0 Å². The number of H-pyrrole nitrogens is 1. The number of hydrogen-bond donors (Lipinski definition) is 3. The highest BCUT2D eigenvalue weighted by molar-refractivity contribution is 8.00. The average Bonchev–Trinajstić information content (AvgIpc) is 2.97. The van der Waals surface area contributed by atoms with Gasteiger partial charge in [-0.2, -0.15) is 11.8 Å². The number of nitrogens with one attached hydrogen (secondary N) is 3. The van der Waals surface area contributed by atoms with Crippen molar-refractivity contribution in [1.29, 1.82) is 0 Å². The molecule has 0 aliphatic carbocycles. The summed E-state index contributed by atoms with van der Waals surface area (Å²) in [5.41, 5.74) is 0.874. The zero-order valence-corrected chi connectivity index (χ0v) is 15.0. The van der Waals surface area contributed by atoms with E-state index < -0.39 is 10.0 Å². The van der Waals surface area contributed by atoms with Crippen LogP contribution in [0.15, 0.2) is 17.2 Å². The third-order valence-electron chi connectivity index (χ3n) is 3.90. The first-order valence-electron chi connectivity index (χ1n) is 7.35. The summed E-state index contributed by atoms with van der Waals surface area (Å²) in [6.07, 6.45) is 5.46. The van der Waals surface area contributed by atoms with E-state index in [0.717, 1.165) is 25.1 Å². The van der Waals surface area contributed by atoms with Crippen molar-refractivity contribution >= 4 is 21.8 Å². The molecule has 0 aromatic carbocycles. The molecule has 0 unspecified atom stereocenters. The quantitative estimate of drug-likeness (QED) is 0.614. The second-order valence-corrected chi connectivity index (χ2v) is 8.10. The van der Waals surface area contributed by atoms with Crippen LogP contribution in [-0.2, 0) is 16.6 Å². The lowest BCUT2D eigenvalue weighted by atomic mass is 10.0. The van der Waals surface area contributed by atoms with Gasteiger partial charge in [-0.25, -0.2) is 13.1 Å². The largest absolute Gasteiger partial charge is 0.363 e. The Bertz CT molecular complexity index is 514. The fourth-order valence-electron chi connectivity index (χ4n) is 2.11. The van der Waals surface area contributed by atoms with Crippen molar-refractivity contribution < 1.29 is 8.42 Å². The SMILES string of the molecule is CCNCc1cc(S(=O)(=O)NCC(CC)(CC)SC)c[nH]1. The van der Waals surface area contributed by atoms with Crippen LogP contribution >= 0.6 is 11.8 Å². The summed E-state index contributed by atoms with van der Waals surface area (Å²) in [4.78, 5) is 3.30. The summed E-state index contributed by atoms with van der Waals surface area (Å²) in [6, 6.07) is 1.68. The van der Waals surface area contributed by atoms with Crippen molar-refractivity contribution in [2.75, 3.05) is 19.3 Å². The van der Waals surface area contributed by atoms with Gasteiger partial charge in [0.15, 0.2) is 0 Å². The molecule has 3 N–H and O–H groups in total. The zero-order chi connectivity index (χ0) is 15.9. The molecule has 0 aliphatic heterocycles. The summed E-state index contributed by atoms with van der Waals surface area (Å²) in [5, 5.41) is 3.16. The van der Waals surface area contributed by atoms with Gasteiger partial charge in [-0.1, -0.05) is 20.8 Å². The maximum Gasteiger partial charge on any atom is 0.242 e. The van der Waals surface area contributed by atoms with Crippen LogP contribution < -0.4 is 10.0 Å². The zero-order valence-electron chi connectivity index (χ0n) is 13.3. The molecule has 5 nitrogen and oxygen atoms in total. The Kier molecular flexibility index (Phi) is 7.26. The minimum Gasteiger partial charge on any atom is -0.363 e. The topological polar surface area (TPSA) is 74.0 Å². The molecule has 1 aromatic heterocycles. The van der Waals surface area contributed by atoms with Gasteiger partial charge < -0.3 is 10.3 Å². The average molecular weight is 334 g/mol. The lowest BCUT2D eigenvalue weighted by Crippen LogP contribution is -2.39. The molecule has 0 fully saturated rings. The number of rotatable bonds is 10. The van der Waals surface area contributed by atoms with Crippen LogP contribution in [-0.4, -0.2) is 37.5 Å². The van der Waals surface area contributed by atoms with Crippen molar-refractivity contribution in [2.45, 2.75) is 49.8 Å². The number of aromatic amines is 1. The van der Waals surface area contributed by atoms with Gasteiger partial charge in [-0.3, -0.25) is 0 Å². The van der Waals surface area contributed by atoms with Crippen molar-refractivity contribution in [1.82, 2.24) is 15.0 Å². The number of thioether (sulfide) groups is 1. The molecule has 0 bridgehead atoms. The molecule has 0 amide bonds. The Morgan fingerprint density at radius 3 is 2.48 bits per heavy atom. The fourth-order valence-corrected chi connectivity index (χ4v) is 4.14. The number of sulfonamides is 1. The third kappa shape index (κ3) is 5.02. The molecule has 0 saturated carbocycles. The van der Waals surface area contributed by atoms with Crippen molar-refractivity contribution in [3.8, 4) is 0 Å². The van der Waals surface area contributed by atoms with E-state index >= 15 is 0 Å². The van der Waals surface area contributed by atoms with E-state index in [9.17, 15) is 8.42 Å². The molecular formula is C14H27N3O2S2. The fraction of sp³-hybridized carbons (Fsp3) is 0.714. The summed E-state index contributed by atoms with van der Waals surface area (Å²) < 4.78 is 27.4. The second-order valence-electron chi connectivity index (χ2n) is 5.06. The number of aromatic nitrogens is 1. The first-order chi connectivity index (χ1) is 9.93. The maximum absolute atomic E-state index is 12.4. The van der Waals surface area contributed by atoms with E-state index in [1.54, 1.807) is 24.0 Å². The van der Waals surface area contributed by atoms with Crippen LogP contribution in [0.5, 0.6) is 0 Å². The summed E-state index contributed by atoms with van der Waals surface area (Å²) in [7, 11) is -3.45. The first-order valence-corrected chi connectivity index (χ1v) is 10.1. The summed E-state index contributed by atoms with van der Waals surface area (Å²) in [5.74, 6) is 0. The molecule has 0 aliphatic rings. The van der Waals surface area contributed by atoms with Gasteiger partial charge in [0, 0.05) is 29.7 Å². The van der Waals surface area contributed by atoms with Crippen molar-refractivity contribution in [3.63, 3.8) is 0 Å². The Hall–Kier alpha value is -0.500. The van der Waals surface area contributed by atoms with Crippen LogP contribution in [0.3, 0.4) is 0 Å².